The van der Waals surface area contributed by atoms with E-state index in [0.29, 0.717) is 24.5 Å². The second-order valence-corrected chi connectivity index (χ2v) is 10.8. The van der Waals surface area contributed by atoms with Gasteiger partial charge in [0.1, 0.15) is 24.7 Å². The van der Waals surface area contributed by atoms with E-state index in [4.69, 9.17) is 14.9 Å². The lowest BCUT2D eigenvalue weighted by Crippen LogP contribution is -2.35. The predicted molar refractivity (Wildman–Crippen MR) is 133 cm³/mol. The Morgan fingerprint density at radius 1 is 1.09 bits per heavy atom. The summed E-state index contributed by atoms with van der Waals surface area (Å²) in [7, 11) is -3.57. The maximum Gasteiger partial charge on any atom is 0.283 e. The summed E-state index contributed by atoms with van der Waals surface area (Å²) in [6.07, 6.45) is 2.52. The van der Waals surface area contributed by atoms with Crippen molar-refractivity contribution in [1.82, 2.24) is 5.01 Å². The Morgan fingerprint density at radius 2 is 1.79 bits per heavy atom. The highest BCUT2D eigenvalue weighted by molar-refractivity contribution is 8.42. The molecule has 0 bridgehead atoms. The molecule has 9 nitrogen and oxygen atoms in total. The van der Waals surface area contributed by atoms with Gasteiger partial charge in [0.25, 0.3) is 5.91 Å². The summed E-state index contributed by atoms with van der Waals surface area (Å²) in [5, 5.41) is 13.3. The maximum absolute atomic E-state index is 12.4. The van der Waals surface area contributed by atoms with Gasteiger partial charge in [0.2, 0.25) is 19.4 Å². The molecule has 34 heavy (non-hydrogen) atoms. The Bertz CT molecular complexity index is 1360. The number of sulfone groups is 1. The summed E-state index contributed by atoms with van der Waals surface area (Å²) in [6.45, 7) is 4.76. The van der Waals surface area contributed by atoms with Gasteiger partial charge in [0.15, 0.2) is 5.84 Å². The molecule has 0 spiro atoms. The summed E-state index contributed by atoms with van der Waals surface area (Å²) >= 11 is 0.751. The van der Waals surface area contributed by atoms with Crippen LogP contribution in [-0.4, -0.2) is 54.2 Å². The third-order valence-electron chi connectivity index (χ3n) is 4.90. The summed E-state index contributed by atoms with van der Waals surface area (Å²) in [4.78, 5) is 16.3. The zero-order chi connectivity index (χ0) is 24.5. The third-order valence-corrected chi connectivity index (χ3v) is 7.47. The summed E-state index contributed by atoms with van der Waals surface area (Å²) in [6, 6.07) is 13.0. The van der Waals surface area contributed by atoms with Crippen molar-refractivity contribution >= 4 is 49.0 Å². The Kier molecular flexibility index (Phi) is 6.58. The lowest BCUT2D eigenvalue weighted by Gasteiger charge is -2.20. The van der Waals surface area contributed by atoms with Gasteiger partial charge in [0, 0.05) is 6.26 Å². The first-order valence-corrected chi connectivity index (χ1v) is 13.0. The molecule has 4 rings (SSSR count). The molecule has 0 aromatic heterocycles. The quantitative estimate of drug-likeness (QED) is 0.479. The van der Waals surface area contributed by atoms with Gasteiger partial charge < -0.3 is 9.47 Å². The molecule has 2 aliphatic heterocycles. The molecule has 176 valence electrons. The van der Waals surface area contributed by atoms with E-state index in [-0.39, 0.29) is 21.0 Å². The van der Waals surface area contributed by atoms with E-state index in [1.165, 1.54) is 6.08 Å². The lowest BCUT2D eigenvalue weighted by atomic mass is 10.1. The van der Waals surface area contributed by atoms with Crippen LogP contribution in [0.3, 0.4) is 0 Å². The lowest BCUT2D eigenvalue weighted by molar-refractivity contribution is -0.114. The van der Waals surface area contributed by atoms with Crippen LogP contribution in [0.15, 0.2) is 58.1 Å². The van der Waals surface area contributed by atoms with Crippen molar-refractivity contribution in [3.8, 4) is 11.5 Å². The number of carbonyl (C=O) groups is 1. The Morgan fingerprint density at radius 3 is 2.50 bits per heavy atom. The number of nitrogens with one attached hydrogen (secondary N) is 1. The zero-order valence-electron chi connectivity index (χ0n) is 18.7. The van der Waals surface area contributed by atoms with Crippen molar-refractivity contribution in [2.24, 2.45) is 10.1 Å². The third kappa shape index (κ3) is 5.20. The highest BCUT2D eigenvalue weighted by Gasteiger charge is 2.38. The van der Waals surface area contributed by atoms with Crippen LogP contribution in [0.5, 0.6) is 11.5 Å². The average molecular weight is 499 g/mol. The molecule has 0 aliphatic carbocycles. The molecule has 2 aliphatic rings. The fraction of sp³-hybridized carbons (Fsp3) is 0.217. The number of fused-ring (bicyclic) bond motifs is 1. The summed E-state index contributed by atoms with van der Waals surface area (Å²) in [5.74, 6) is 0.610. The van der Waals surface area contributed by atoms with Gasteiger partial charge in [-0.2, -0.15) is 10.0 Å². The fourth-order valence-electron chi connectivity index (χ4n) is 3.13. The SMILES string of the molecule is Cc1ccc(C)c(OCCOc2ccc(/C=C3/C(=N)N4N=C(S(C)(=O)=O)SC4=NC3=O)cc2)c1. The van der Waals surface area contributed by atoms with Crippen LogP contribution < -0.4 is 9.47 Å². The number of aryl methyl sites for hydroxylation is 2. The molecule has 0 saturated carbocycles. The van der Waals surface area contributed by atoms with Crippen molar-refractivity contribution in [1.29, 1.82) is 5.41 Å². The summed E-state index contributed by atoms with van der Waals surface area (Å²) in [5.41, 5.74) is 2.86. The van der Waals surface area contributed by atoms with E-state index in [1.54, 1.807) is 24.3 Å². The highest BCUT2D eigenvalue weighted by Crippen LogP contribution is 2.30. The topological polar surface area (TPSA) is 121 Å². The number of benzene rings is 2. The first-order chi connectivity index (χ1) is 16.1. The molecular formula is C23H22N4O5S2. The van der Waals surface area contributed by atoms with E-state index < -0.39 is 15.7 Å². The number of amides is 1. The second kappa shape index (κ2) is 9.43. The molecule has 0 atom stereocenters. The van der Waals surface area contributed by atoms with E-state index in [0.717, 1.165) is 39.9 Å². The smallest absolute Gasteiger partial charge is 0.283 e. The van der Waals surface area contributed by atoms with Crippen molar-refractivity contribution in [2.75, 3.05) is 19.5 Å². The number of amidine groups is 2. The van der Waals surface area contributed by atoms with Crippen LogP contribution in [0.25, 0.3) is 6.08 Å². The molecule has 2 aromatic rings. The van der Waals surface area contributed by atoms with Crippen molar-refractivity contribution in [3.05, 3.63) is 64.7 Å². The van der Waals surface area contributed by atoms with Crippen LogP contribution in [0.4, 0.5) is 0 Å². The number of hydrazone groups is 1. The van der Waals surface area contributed by atoms with Gasteiger partial charge in [0.05, 0.1) is 5.57 Å². The first-order valence-electron chi connectivity index (χ1n) is 10.2. The number of nitrogens with zero attached hydrogens (tertiary/aromatic N) is 3. The van der Waals surface area contributed by atoms with Crippen molar-refractivity contribution in [3.63, 3.8) is 0 Å². The first kappa shape index (κ1) is 23.7. The van der Waals surface area contributed by atoms with E-state index in [2.05, 4.69) is 10.1 Å². The minimum atomic E-state index is -3.57. The predicted octanol–water partition coefficient (Wildman–Crippen LogP) is 3.38. The number of carbonyl (C=O) groups excluding carboxylic acids is 1. The normalized spacial score (nSPS) is 16.9. The minimum absolute atomic E-state index is 0.0124. The summed E-state index contributed by atoms with van der Waals surface area (Å²) < 4.78 is 34.8. The van der Waals surface area contributed by atoms with Crippen molar-refractivity contribution in [2.45, 2.75) is 13.8 Å². The van der Waals surface area contributed by atoms with Crippen LogP contribution in [0.1, 0.15) is 16.7 Å². The second-order valence-electron chi connectivity index (χ2n) is 7.69. The zero-order valence-corrected chi connectivity index (χ0v) is 20.4. The van der Waals surface area contributed by atoms with Gasteiger partial charge in [-0.25, -0.2) is 8.42 Å². The molecule has 0 unspecified atom stereocenters. The monoisotopic (exact) mass is 498 g/mol. The van der Waals surface area contributed by atoms with Gasteiger partial charge in [-0.1, -0.05) is 24.3 Å². The van der Waals surface area contributed by atoms with Gasteiger partial charge in [-0.15, -0.1) is 5.10 Å². The van der Waals surface area contributed by atoms with Crippen LogP contribution in [-0.2, 0) is 14.6 Å². The number of ether oxygens (including phenoxy) is 2. The van der Waals surface area contributed by atoms with Crippen molar-refractivity contribution < 1.29 is 22.7 Å². The highest BCUT2D eigenvalue weighted by atomic mass is 32.3. The Balaban J connectivity index is 1.39. The van der Waals surface area contributed by atoms with E-state index in [1.807, 2.05) is 32.0 Å². The number of aliphatic imine (C=N–C) groups is 1. The molecule has 1 amide bonds. The number of hydrogen-bond donors (Lipinski definition) is 1. The van der Waals surface area contributed by atoms with Crippen LogP contribution in [0, 0.1) is 19.3 Å². The van der Waals surface area contributed by atoms with Gasteiger partial charge >= 0.3 is 0 Å². The minimum Gasteiger partial charge on any atom is -0.490 e. The molecule has 2 aromatic carbocycles. The van der Waals surface area contributed by atoms with Crippen LogP contribution in [0.2, 0.25) is 0 Å². The average Bonchev–Trinajstić information content (AvgIpc) is 3.22. The Labute approximate surface area is 201 Å². The van der Waals surface area contributed by atoms with E-state index >= 15 is 0 Å². The molecule has 11 heteroatoms. The molecule has 0 fully saturated rings. The van der Waals surface area contributed by atoms with Gasteiger partial charge in [-0.05, 0) is 66.6 Å². The number of thioether (sulfide) groups is 1. The van der Waals surface area contributed by atoms with Gasteiger partial charge in [-0.3, -0.25) is 10.2 Å². The van der Waals surface area contributed by atoms with Crippen LogP contribution >= 0.6 is 11.8 Å². The largest absolute Gasteiger partial charge is 0.490 e. The number of rotatable bonds is 6. The molecule has 0 radical (unpaired) electrons. The fourth-order valence-corrected chi connectivity index (χ4v) is 4.81. The standard InChI is InChI=1S/C23H22N4O5S2/c1-14-4-5-15(2)19(12-14)32-11-10-31-17-8-6-16(7-9-17)13-18-20(24)27-22(25-21(18)28)33-23(26-27)34(3,29)30/h4-9,12-13,24H,10-11H2,1-3H3/b18-13-,24-20?. The maximum atomic E-state index is 12.4. The molecule has 0 saturated heterocycles. The van der Waals surface area contributed by atoms with E-state index in [9.17, 15) is 13.2 Å². The molecule has 1 N–H and O–H groups in total. The number of hydrogen-bond acceptors (Lipinski definition) is 8. The molecular weight excluding hydrogens is 476 g/mol. The Hall–Kier alpha value is -3.44. The molecule has 2 heterocycles.